The Bertz CT molecular complexity index is 316. The quantitative estimate of drug-likeness (QED) is 0.541. The highest BCUT2D eigenvalue weighted by molar-refractivity contribution is 5.89. The van der Waals surface area contributed by atoms with Crippen LogP contribution in [0.1, 0.15) is 6.92 Å². The average molecular weight is 255 g/mol. The zero-order chi connectivity index (χ0) is 13.7. The zero-order valence-corrected chi connectivity index (χ0v) is 9.00. The summed E-state index contributed by atoms with van der Waals surface area (Å²) in [5.74, 6) is -3.95. The van der Waals surface area contributed by atoms with Crippen LogP contribution >= 0.6 is 0 Å². The van der Waals surface area contributed by atoms with E-state index in [-0.39, 0.29) is 6.61 Å². The van der Waals surface area contributed by atoms with Crippen molar-refractivity contribution in [1.82, 2.24) is 5.32 Å². The third-order valence-corrected chi connectivity index (χ3v) is 1.75. The molecule has 8 heteroatoms. The molecular formula is C9H12F3NO4. The normalized spacial score (nSPS) is 14.8. The Kier molecular flexibility index (Phi) is 5.14. The molecule has 0 aliphatic rings. The van der Waals surface area contributed by atoms with E-state index in [1.54, 1.807) is 0 Å². The third kappa shape index (κ3) is 4.85. The first-order chi connectivity index (χ1) is 7.63. The first kappa shape index (κ1) is 15.4. The predicted molar refractivity (Wildman–Crippen MR) is 51.3 cm³/mol. The van der Waals surface area contributed by atoms with Crippen molar-refractivity contribution in [1.29, 1.82) is 0 Å². The van der Waals surface area contributed by atoms with Gasteiger partial charge in [-0.1, -0.05) is 6.08 Å². The van der Waals surface area contributed by atoms with E-state index in [2.05, 4.69) is 6.58 Å². The van der Waals surface area contributed by atoms with Gasteiger partial charge in [-0.2, -0.15) is 13.2 Å². The fourth-order valence-electron chi connectivity index (χ4n) is 0.819. The average Bonchev–Trinajstić information content (AvgIpc) is 2.16. The van der Waals surface area contributed by atoms with Crippen LogP contribution in [-0.2, 0) is 14.3 Å². The zero-order valence-electron chi connectivity index (χ0n) is 9.00. The van der Waals surface area contributed by atoms with Gasteiger partial charge in [0.2, 0.25) is 0 Å². The van der Waals surface area contributed by atoms with Crippen LogP contribution in [0.2, 0.25) is 0 Å². The van der Waals surface area contributed by atoms with Crippen molar-refractivity contribution in [2.24, 2.45) is 0 Å². The van der Waals surface area contributed by atoms with E-state index in [1.807, 2.05) is 0 Å². The Labute approximate surface area is 95.2 Å². The molecule has 0 rings (SSSR count). The molecule has 1 amide bonds. The van der Waals surface area contributed by atoms with E-state index in [4.69, 9.17) is 9.84 Å². The fraction of sp³-hybridized carbons (Fsp3) is 0.556. The number of carboxylic acids is 1. The number of hydrogen-bond donors (Lipinski definition) is 2. The van der Waals surface area contributed by atoms with Crippen LogP contribution in [0, 0.1) is 0 Å². The minimum Gasteiger partial charge on any atom is -0.479 e. The molecule has 0 aliphatic carbocycles. The van der Waals surface area contributed by atoms with Crippen LogP contribution in [-0.4, -0.2) is 41.9 Å². The molecule has 0 heterocycles. The minimum atomic E-state index is -5.14. The largest absolute Gasteiger partial charge is 0.479 e. The Balaban J connectivity index is 4.67. The van der Waals surface area contributed by atoms with Crippen molar-refractivity contribution in [3.63, 3.8) is 0 Å². The summed E-state index contributed by atoms with van der Waals surface area (Å²) in [6, 6.07) is 0. The molecule has 98 valence electrons. The molecule has 1 atom stereocenters. The lowest BCUT2D eigenvalue weighted by Crippen LogP contribution is -2.58. The van der Waals surface area contributed by atoms with Gasteiger partial charge in [0, 0.05) is 0 Å². The van der Waals surface area contributed by atoms with E-state index in [9.17, 15) is 22.8 Å². The highest BCUT2D eigenvalue weighted by Crippen LogP contribution is 2.17. The lowest BCUT2D eigenvalue weighted by molar-refractivity contribution is -0.178. The van der Waals surface area contributed by atoms with Gasteiger partial charge in [0.05, 0.1) is 13.2 Å². The molecule has 0 aromatic heterocycles. The third-order valence-electron chi connectivity index (χ3n) is 1.75. The van der Waals surface area contributed by atoms with E-state index in [1.165, 1.54) is 11.4 Å². The summed E-state index contributed by atoms with van der Waals surface area (Å²) in [6.07, 6.45) is -3.84. The topological polar surface area (TPSA) is 75.6 Å². The molecule has 0 aromatic rings. The van der Waals surface area contributed by atoms with Crippen molar-refractivity contribution in [2.75, 3.05) is 13.2 Å². The molecule has 0 saturated heterocycles. The van der Waals surface area contributed by atoms with Gasteiger partial charge in [-0.3, -0.25) is 4.79 Å². The van der Waals surface area contributed by atoms with Gasteiger partial charge in [-0.15, -0.1) is 6.58 Å². The monoisotopic (exact) mass is 255 g/mol. The van der Waals surface area contributed by atoms with Crippen molar-refractivity contribution in [3.05, 3.63) is 12.7 Å². The molecule has 0 radical (unpaired) electrons. The van der Waals surface area contributed by atoms with Crippen molar-refractivity contribution >= 4 is 11.9 Å². The van der Waals surface area contributed by atoms with E-state index in [0.29, 0.717) is 0 Å². The molecule has 0 aromatic carbocycles. The number of amides is 1. The van der Waals surface area contributed by atoms with Crippen LogP contribution in [0.15, 0.2) is 12.7 Å². The number of carboxylic acid groups (broad SMARTS) is 1. The molecule has 0 spiro atoms. The van der Waals surface area contributed by atoms with E-state index in [0.717, 1.165) is 6.92 Å². The molecule has 5 nitrogen and oxygen atoms in total. The van der Waals surface area contributed by atoms with Crippen LogP contribution in [0.25, 0.3) is 0 Å². The number of alkyl halides is 3. The first-order valence-electron chi connectivity index (χ1n) is 4.45. The maximum Gasteiger partial charge on any atom is 0.471 e. The smallest absolute Gasteiger partial charge is 0.471 e. The van der Waals surface area contributed by atoms with Crippen LogP contribution in [0.3, 0.4) is 0 Å². The molecule has 0 saturated carbocycles. The summed E-state index contributed by atoms with van der Waals surface area (Å²) < 4.78 is 40.6. The number of carbonyl (C=O) groups excluding carboxylic acids is 1. The summed E-state index contributed by atoms with van der Waals surface area (Å²) >= 11 is 0. The van der Waals surface area contributed by atoms with Gasteiger partial charge < -0.3 is 15.2 Å². The van der Waals surface area contributed by atoms with Gasteiger partial charge >= 0.3 is 18.1 Å². The van der Waals surface area contributed by atoms with Crippen LogP contribution < -0.4 is 5.32 Å². The lowest BCUT2D eigenvalue weighted by Gasteiger charge is -2.26. The number of nitrogens with one attached hydrogen (secondary N) is 1. The Morgan fingerprint density at radius 2 is 2.00 bits per heavy atom. The van der Waals surface area contributed by atoms with Gasteiger partial charge in [-0.05, 0) is 6.92 Å². The summed E-state index contributed by atoms with van der Waals surface area (Å²) in [5, 5.41) is 10.1. The van der Waals surface area contributed by atoms with Crippen molar-refractivity contribution in [3.8, 4) is 0 Å². The predicted octanol–water partition coefficient (Wildman–Crippen LogP) is 0.711. The van der Waals surface area contributed by atoms with Gasteiger partial charge in [0.1, 0.15) is 0 Å². The number of hydrogen-bond acceptors (Lipinski definition) is 3. The van der Waals surface area contributed by atoms with Gasteiger partial charge in [0.25, 0.3) is 0 Å². The summed E-state index contributed by atoms with van der Waals surface area (Å²) in [4.78, 5) is 21.4. The number of rotatable bonds is 6. The lowest BCUT2D eigenvalue weighted by atomic mass is 10.0. The second-order valence-corrected chi connectivity index (χ2v) is 3.39. The van der Waals surface area contributed by atoms with Gasteiger partial charge in [-0.25, -0.2) is 4.79 Å². The van der Waals surface area contributed by atoms with Gasteiger partial charge in [0.15, 0.2) is 5.54 Å². The van der Waals surface area contributed by atoms with E-state index >= 15 is 0 Å². The Hall–Kier alpha value is -1.57. The first-order valence-corrected chi connectivity index (χ1v) is 4.45. The van der Waals surface area contributed by atoms with Crippen molar-refractivity contribution < 1.29 is 32.6 Å². The Morgan fingerprint density at radius 3 is 2.35 bits per heavy atom. The molecule has 0 aliphatic heterocycles. The molecule has 1 unspecified atom stereocenters. The standard InChI is InChI=1S/C9H12F3NO4/c1-3-4-17-5-8(2,7(15)16)13-6(14)9(10,11)12/h3H,1,4-5H2,2H3,(H,13,14)(H,15,16). The number of carbonyl (C=O) groups is 2. The highest BCUT2D eigenvalue weighted by Gasteiger charge is 2.45. The summed E-state index contributed by atoms with van der Waals surface area (Å²) in [6.45, 7) is 3.57. The molecule has 0 bridgehead atoms. The number of halogens is 3. The van der Waals surface area contributed by atoms with Crippen LogP contribution in [0.4, 0.5) is 13.2 Å². The van der Waals surface area contributed by atoms with E-state index < -0.39 is 30.2 Å². The second-order valence-electron chi connectivity index (χ2n) is 3.39. The molecular weight excluding hydrogens is 243 g/mol. The maximum atomic E-state index is 12.0. The molecule has 0 fully saturated rings. The highest BCUT2D eigenvalue weighted by atomic mass is 19.4. The molecule has 2 N–H and O–H groups in total. The SMILES string of the molecule is C=CCOCC(C)(NC(=O)C(F)(F)F)C(=O)O. The summed E-state index contributed by atoms with van der Waals surface area (Å²) in [5.41, 5.74) is -2.14. The number of aliphatic carboxylic acids is 1. The second kappa shape index (κ2) is 5.67. The molecule has 17 heavy (non-hydrogen) atoms. The summed E-state index contributed by atoms with van der Waals surface area (Å²) in [7, 11) is 0. The Morgan fingerprint density at radius 1 is 1.47 bits per heavy atom. The number of ether oxygens (including phenoxy) is 1. The minimum absolute atomic E-state index is 0.0369. The fourth-order valence-corrected chi connectivity index (χ4v) is 0.819. The van der Waals surface area contributed by atoms with Crippen molar-refractivity contribution in [2.45, 2.75) is 18.6 Å². The van der Waals surface area contributed by atoms with Crippen LogP contribution in [0.5, 0.6) is 0 Å². The maximum absolute atomic E-state index is 12.0.